The van der Waals surface area contributed by atoms with Crippen LogP contribution in [0.1, 0.15) is 13.8 Å². The van der Waals surface area contributed by atoms with Crippen LogP contribution in [0.3, 0.4) is 0 Å². The Kier molecular flexibility index (Phi) is 4.21. The van der Waals surface area contributed by atoms with Crippen LogP contribution in [0.15, 0.2) is 0 Å². The molecule has 64 valence electrons. The fourth-order valence-corrected chi connectivity index (χ4v) is 0.572. The molecule has 0 aliphatic heterocycles. The number of hydroxylamine groups is 2. The second-order valence-electron chi connectivity index (χ2n) is 1.78. The first-order chi connectivity index (χ1) is 5.13. The van der Waals surface area contributed by atoms with Gasteiger partial charge in [0.25, 0.3) is 0 Å². The molecule has 0 rings (SSSR count). The molecule has 0 fully saturated rings. The summed E-state index contributed by atoms with van der Waals surface area (Å²) in [5, 5.41) is 0.933. The monoisotopic (exact) mass is 160 g/mol. The van der Waals surface area contributed by atoms with Crippen LogP contribution in [0.25, 0.3) is 0 Å². The first-order valence-electron chi connectivity index (χ1n) is 3.37. The van der Waals surface area contributed by atoms with Crippen molar-refractivity contribution in [2.24, 2.45) is 5.73 Å². The van der Waals surface area contributed by atoms with E-state index in [0.717, 1.165) is 5.06 Å². The maximum atomic E-state index is 10.8. The summed E-state index contributed by atoms with van der Waals surface area (Å²) < 4.78 is 0. The van der Waals surface area contributed by atoms with E-state index in [1.807, 2.05) is 0 Å². The van der Waals surface area contributed by atoms with Gasteiger partial charge < -0.3 is 5.73 Å². The fourth-order valence-electron chi connectivity index (χ4n) is 0.572. The molecule has 0 spiro atoms. The average Bonchev–Trinajstić information content (AvgIpc) is 1.98. The van der Waals surface area contributed by atoms with Crippen LogP contribution in [0.5, 0.6) is 0 Å². The van der Waals surface area contributed by atoms with Gasteiger partial charge in [0.2, 0.25) is 0 Å². The molecule has 0 saturated heterocycles. The summed E-state index contributed by atoms with van der Waals surface area (Å²) in [7, 11) is 0. The van der Waals surface area contributed by atoms with Gasteiger partial charge in [-0.15, -0.1) is 0 Å². The number of nitrogens with two attached hydrogens (primary N) is 1. The van der Waals surface area contributed by atoms with Gasteiger partial charge in [0.15, 0.2) is 0 Å². The number of carbonyl (C=O) groups is 2. The predicted octanol–water partition coefficient (Wildman–Crippen LogP) is -0.728. The van der Waals surface area contributed by atoms with E-state index in [1.165, 1.54) is 0 Å². The summed E-state index contributed by atoms with van der Waals surface area (Å²) in [5.74, 6) is -1.81. The number of likely N-dealkylation sites (N-methyl/N-ethyl adjacent to an activating group) is 1. The minimum absolute atomic E-state index is 0.315. The second-order valence-corrected chi connectivity index (χ2v) is 1.78. The normalized spacial score (nSPS) is 9.27. The Morgan fingerprint density at radius 2 is 2.00 bits per heavy atom. The van der Waals surface area contributed by atoms with Crippen molar-refractivity contribution in [3.05, 3.63) is 0 Å². The lowest BCUT2D eigenvalue weighted by molar-refractivity contribution is -0.185. The van der Waals surface area contributed by atoms with Crippen molar-refractivity contribution in [3.8, 4) is 0 Å². The lowest BCUT2D eigenvalue weighted by atomic mass is 10.5. The summed E-state index contributed by atoms with van der Waals surface area (Å²) >= 11 is 0. The molecule has 0 aromatic heterocycles. The zero-order chi connectivity index (χ0) is 8.85. The van der Waals surface area contributed by atoms with Crippen LogP contribution >= 0.6 is 0 Å². The van der Waals surface area contributed by atoms with Crippen LogP contribution in [-0.4, -0.2) is 30.0 Å². The number of amides is 2. The van der Waals surface area contributed by atoms with Gasteiger partial charge in [-0.05, 0) is 13.8 Å². The van der Waals surface area contributed by atoms with E-state index >= 15 is 0 Å². The largest absolute Gasteiger partial charge is 0.361 e. The van der Waals surface area contributed by atoms with Crippen molar-refractivity contribution in [3.63, 3.8) is 0 Å². The Morgan fingerprint density at radius 3 is 2.27 bits per heavy atom. The Balaban J connectivity index is 4.02. The Bertz CT molecular complexity index is 158. The Morgan fingerprint density at radius 1 is 1.45 bits per heavy atom. The van der Waals surface area contributed by atoms with Crippen molar-refractivity contribution in [1.29, 1.82) is 0 Å². The molecule has 5 heteroatoms. The topological polar surface area (TPSA) is 72.6 Å². The third-order valence-electron chi connectivity index (χ3n) is 1.01. The van der Waals surface area contributed by atoms with Gasteiger partial charge in [0.05, 0.1) is 6.61 Å². The third-order valence-corrected chi connectivity index (χ3v) is 1.01. The molecule has 0 radical (unpaired) electrons. The van der Waals surface area contributed by atoms with Gasteiger partial charge in [-0.25, -0.2) is 5.06 Å². The van der Waals surface area contributed by atoms with Crippen molar-refractivity contribution in [1.82, 2.24) is 5.06 Å². The first-order valence-corrected chi connectivity index (χ1v) is 3.37. The third kappa shape index (κ3) is 2.99. The van der Waals surface area contributed by atoms with Crippen molar-refractivity contribution in [2.45, 2.75) is 13.8 Å². The highest BCUT2D eigenvalue weighted by atomic mass is 16.7. The molecule has 0 aromatic rings. The SMILES string of the molecule is CCON(CC)C(=O)C(N)=O. The molecule has 5 nitrogen and oxygen atoms in total. The maximum absolute atomic E-state index is 10.8. The second kappa shape index (κ2) is 4.68. The molecule has 0 bridgehead atoms. The van der Waals surface area contributed by atoms with Crippen molar-refractivity contribution < 1.29 is 14.4 Å². The Labute approximate surface area is 65.1 Å². The predicted molar refractivity (Wildman–Crippen MR) is 38.2 cm³/mol. The van der Waals surface area contributed by atoms with Crippen LogP contribution in [0, 0.1) is 0 Å². The highest BCUT2D eigenvalue weighted by Gasteiger charge is 2.17. The molecule has 0 aliphatic rings. The van der Waals surface area contributed by atoms with E-state index in [-0.39, 0.29) is 0 Å². The number of rotatable bonds is 3. The van der Waals surface area contributed by atoms with Crippen molar-refractivity contribution >= 4 is 11.8 Å². The van der Waals surface area contributed by atoms with Crippen LogP contribution in [-0.2, 0) is 14.4 Å². The van der Waals surface area contributed by atoms with E-state index in [1.54, 1.807) is 13.8 Å². The summed E-state index contributed by atoms with van der Waals surface area (Å²) in [6, 6.07) is 0. The molecule has 2 N–H and O–H groups in total. The lowest BCUT2D eigenvalue weighted by Crippen LogP contribution is -2.40. The maximum Gasteiger partial charge on any atom is 0.335 e. The van der Waals surface area contributed by atoms with Gasteiger partial charge in [-0.1, -0.05) is 0 Å². The Hall–Kier alpha value is -1.10. The number of hydrogen-bond acceptors (Lipinski definition) is 3. The van der Waals surface area contributed by atoms with Gasteiger partial charge in [-0.3, -0.25) is 14.4 Å². The van der Waals surface area contributed by atoms with Crippen LogP contribution in [0.2, 0.25) is 0 Å². The van der Waals surface area contributed by atoms with Gasteiger partial charge in [0, 0.05) is 6.54 Å². The molecule has 0 saturated carbocycles. The molecule has 0 unspecified atom stereocenters. The standard InChI is InChI=1S/C6H12N2O3/c1-3-8(11-4-2)6(10)5(7)9/h3-4H2,1-2H3,(H2,7,9). The molecular formula is C6H12N2O3. The van der Waals surface area contributed by atoms with E-state index in [9.17, 15) is 9.59 Å². The summed E-state index contributed by atoms with van der Waals surface area (Å²) in [6.07, 6.45) is 0. The number of hydrogen-bond donors (Lipinski definition) is 1. The van der Waals surface area contributed by atoms with E-state index in [2.05, 4.69) is 0 Å². The van der Waals surface area contributed by atoms with Gasteiger partial charge in [0.1, 0.15) is 0 Å². The zero-order valence-electron chi connectivity index (χ0n) is 6.66. The quantitative estimate of drug-likeness (QED) is 0.437. The van der Waals surface area contributed by atoms with Gasteiger partial charge >= 0.3 is 11.8 Å². The van der Waals surface area contributed by atoms with Gasteiger partial charge in [-0.2, -0.15) is 0 Å². The first kappa shape index (κ1) is 9.90. The smallest absolute Gasteiger partial charge is 0.335 e. The fraction of sp³-hybridized carbons (Fsp3) is 0.667. The molecule has 0 atom stereocenters. The highest BCUT2D eigenvalue weighted by molar-refractivity contribution is 6.34. The highest BCUT2D eigenvalue weighted by Crippen LogP contribution is 1.89. The van der Waals surface area contributed by atoms with E-state index in [4.69, 9.17) is 10.6 Å². The number of carbonyl (C=O) groups excluding carboxylic acids is 2. The van der Waals surface area contributed by atoms with Crippen LogP contribution < -0.4 is 5.73 Å². The molecule has 0 aromatic carbocycles. The molecule has 0 aliphatic carbocycles. The summed E-state index contributed by atoms with van der Waals surface area (Å²) in [6.45, 7) is 4.07. The molecular weight excluding hydrogens is 148 g/mol. The molecule has 11 heavy (non-hydrogen) atoms. The molecule has 2 amide bonds. The van der Waals surface area contributed by atoms with Crippen LogP contribution in [0.4, 0.5) is 0 Å². The minimum Gasteiger partial charge on any atom is -0.361 e. The summed E-state index contributed by atoms with van der Waals surface area (Å²) in [4.78, 5) is 25.9. The zero-order valence-corrected chi connectivity index (χ0v) is 6.66. The van der Waals surface area contributed by atoms with Crippen molar-refractivity contribution in [2.75, 3.05) is 13.2 Å². The number of primary amides is 1. The summed E-state index contributed by atoms with van der Waals surface area (Å²) in [5.41, 5.74) is 4.73. The number of nitrogens with zero attached hydrogens (tertiary/aromatic N) is 1. The minimum atomic E-state index is -1.000. The lowest BCUT2D eigenvalue weighted by Gasteiger charge is -2.16. The van der Waals surface area contributed by atoms with E-state index < -0.39 is 11.8 Å². The average molecular weight is 160 g/mol. The molecule has 0 heterocycles. The van der Waals surface area contributed by atoms with E-state index in [0.29, 0.717) is 13.2 Å².